The molecule has 25 rings (SSSR count). The third-order valence-corrected chi connectivity index (χ3v) is 25.3. The Hall–Kier alpha value is -16.9. The number of hydrogen-bond acceptors (Lipinski definition) is 9. The summed E-state index contributed by atoms with van der Waals surface area (Å²) < 4.78 is 28.7. The summed E-state index contributed by atoms with van der Waals surface area (Å²) in [5.74, 6) is 1.88. The Bertz CT molecular complexity index is 8290. The third-order valence-electron chi connectivity index (χ3n) is 25.3. The van der Waals surface area contributed by atoms with Crippen LogP contribution in [0.5, 0.6) is 17.2 Å². The maximum Gasteiger partial charge on any atom is 0.159 e. The number of ether oxygens (including phenoxy) is 1. The second-order valence-corrected chi connectivity index (χ2v) is 32.6. The Morgan fingerprint density at radius 3 is 0.877 bits per heavy atom. The molecule has 1 aliphatic rings. The number of anilines is 12. The number of benzene rings is 22. The van der Waals surface area contributed by atoms with Gasteiger partial charge in [0, 0.05) is 105 Å². The number of fused-ring (bicyclic) bond motifs is 17. The number of para-hydroxylation sites is 12. The smallest absolute Gasteiger partial charge is 0.159 e. The van der Waals surface area contributed by atoms with E-state index in [1.54, 1.807) is 0 Å². The van der Waals surface area contributed by atoms with Crippen LogP contribution in [0.1, 0.15) is 0 Å². The van der Waals surface area contributed by atoms with E-state index in [1.807, 2.05) is 18.2 Å². The quantitative estimate of drug-likeness (QED) is 0.0797. The molecule has 0 fully saturated rings. The largest absolute Gasteiger partial charge is 0.456 e. The summed E-state index contributed by atoms with van der Waals surface area (Å²) in [5, 5.41) is 30.1. The second kappa shape index (κ2) is 33.2. The topological polar surface area (TPSA) is 85.8 Å². The van der Waals surface area contributed by atoms with Gasteiger partial charge in [0.2, 0.25) is 0 Å². The van der Waals surface area contributed by atoms with Crippen molar-refractivity contribution in [1.82, 2.24) is 0 Å². The summed E-state index contributed by atoms with van der Waals surface area (Å²) in [5.41, 5.74) is 23.8. The van der Waals surface area contributed by atoms with Gasteiger partial charge in [-0.3, -0.25) is 0 Å². The van der Waals surface area contributed by atoms with Crippen LogP contribution < -0.4 is 24.3 Å². The molecule has 0 unspecified atom stereocenters. The van der Waals surface area contributed by atoms with Crippen molar-refractivity contribution in [2.75, 3.05) is 19.6 Å². The Morgan fingerprint density at radius 2 is 0.477 bits per heavy atom. The zero-order valence-corrected chi connectivity index (χ0v) is 71.1. The fourth-order valence-corrected chi connectivity index (χ4v) is 19.6. The minimum atomic E-state index is 0.204. The van der Waals surface area contributed by atoms with E-state index in [2.05, 4.69) is 484 Å². The molecule has 3 heterocycles. The molecule has 2 aromatic heterocycles. The fourth-order valence-electron chi connectivity index (χ4n) is 19.6. The molecule has 1 aliphatic heterocycles. The Kier molecular flexibility index (Phi) is 19.9. The van der Waals surface area contributed by atoms with Gasteiger partial charge in [-0.1, -0.05) is 309 Å². The number of nitrogens with zero attached hydrogens (tertiary/aromatic N) is 4. The summed E-state index contributed by atoms with van der Waals surface area (Å²) in [7, 11) is 0. The summed E-state index contributed by atoms with van der Waals surface area (Å²) in [6, 6.07) is 164. The van der Waals surface area contributed by atoms with Crippen molar-refractivity contribution >= 4 is 177 Å². The van der Waals surface area contributed by atoms with Gasteiger partial charge in [0.15, 0.2) is 11.2 Å². The number of rotatable bonds is 15. The first-order chi connectivity index (χ1) is 64.5. The molecule has 0 radical (unpaired) electrons. The van der Waals surface area contributed by atoms with Crippen LogP contribution in [-0.4, -0.2) is 5.11 Å². The van der Waals surface area contributed by atoms with Gasteiger partial charge >= 0.3 is 19.8 Å². The van der Waals surface area contributed by atoms with Crippen LogP contribution in [0.4, 0.5) is 68.2 Å². The van der Waals surface area contributed by atoms with Crippen molar-refractivity contribution in [2.24, 2.45) is 0 Å². The molecule has 0 saturated heterocycles. The molecule has 22 aromatic carbocycles. The van der Waals surface area contributed by atoms with E-state index in [0.717, 1.165) is 206 Å². The molecular formula is C120H78CuN4O5. The SMILES string of the molecule is Oc1cc(-c2cccc3c2oc2c(N(c4ccccc4)c4ccccc4)cccc23)ccc1-c1cc2c3ccccc3c(N(c3ccccc3)c3ccccc3)cc2c2ccccc12.[O]=[Cu].c1ccc(N(c2ccccc2)c2cc3c4cccc5c4c(cc3c3ccccc23)-c2ccc(-c3cccc4c3oc3c(N(c6ccccc6)c6ccccc6)cccc34)cc2O5)cc1. The predicted molar refractivity (Wildman–Crippen MR) is 535 cm³/mol. The predicted octanol–water partition coefficient (Wildman–Crippen LogP) is 34.3. The molecular weight excluding hydrogens is 1640 g/mol. The summed E-state index contributed by atoms with van der Waals surface area (Å²) in [4.78, 5) is 9.23. The van der Waals surface area contributed by atoms with Crippen LogP contribution in [0.2, 0.25) is 0 Å². The normalized spacial score (nSPS) is 11.6. The maximum atomic E-state index is 12.2. The Labute approximate surface area is 758 Å². The van der Waals surface area contributed by atoms with Crippen molar-refractivity contribution in [3.63, 3.8) is 0 Å². The summed E-state index contributed by atoms with van der Waals surface area (Å²) in [6.07, 6.45) is 0. The summed E-state index contributed by atoms with van der Waals surface area (Å²) in [6.45, 7) is 0. The minimum Gasteiger partial charge on any atom is -0.456 e. The van der Waals surface area contributed by atoms with Gasteiger partial charge < -0.3 is 38.3 Å². The van der Waals surface area contributed by atoms with Crippen molar-refractivity contribution < 1.29 is 38.5 Å². The Morgan fingerprint density at radius 1 is 0.185 bits per heavy atom. The standard InChI is InChI=1S/C60H38N2O2.C60H40N2O2.Cu.O/c1-5-18-40(19-6-1)61(41-20-7-2-8-21-41)54-32-16-31-50-49-30-15-28-44(59(49)64-60(50)54)39-34-35-47-53-37-51-45-26-13-14-27-46(45)55(62(42-22-9-3-10-23-42)43-24-11-4-12-25-43)38-52(51)48-29-17-33-56(58(48)53)63-57(47)36-39;63-58-37-40(45-31-17-32-51-52-33-18-34-56(60(52)64-59(45)51)61(41-19-5-1-6-20-41)42-21-7-2-8-22-42)35-36-50(58)53-38-54-48-29-15-16-30-49(48)57(39-55(54)47-28-14-13-27-46(47)53)62(43-23-9-3-10-24-43)44-25-11-4-12-26-44;;/h1-38H;1-39,63H;;. The van der Waals surface area contributed by atoms with Gasteiger partial charge in [0.05, 0.1) is 22.7 Å². The van der Waals surface area contributed by atoms with Gasteiger partial charge in [0.25, 0.3) is 0 Å². The van der Waals surface area contributed by atoms with Crippen molar-refractivity contribution in [3.05, 3.63) is 467 Å². The molecule has 619 valence electrons. The average molecular weight is 1720 g/mol. The van der Waals surface area contributed by atoms with E-state index in [0.29, 0.717) is 0 Å². The molecule has 24 aromatic rings. The first kappa shape index (κ1) is 77.9. The van der Waals surface area contributed by atoms with Crippen LogP contribution in [0.15, 0.2) is 476 Å². The van der Waals surface area contributed by atoms with Crippen molar-refractivity contribution in [1.29, 1.82) is 0 Å². The first-order valence-electron chi connectivity index (χ1n) is 43.5. The molecule has 0 saturated carbocycles. The van der Waals surface area contributed by atoms with E-state index >= 15 is 0 Å². The van der Waals surface area contributed by atoms with Gasteiger partial charge in [-0.25, -0.2) is 0 Å². The van der Waals surface area contributed by atoms with Gasteiger partial charge in [0.1, 0.15) is 28.4 Å². The first-order valence-corrected chi connectivity index (χ1v) is 43.9. The number of phenolic OH excluding ortho intramolecular Hbond substituents is 1. The van der Waals surface area contributed by atoms with Crippen molar-refractivity contribution in [3.8, 4) is 61.8 Å². The maximum absolute atomic E-state index is 12.2. The molecule has 0 bridgehead atoms. The number of phenols is 1. The second-order valence-electron chi connectivity index (χ2n) is 32.6. The van der Waals surface area contributed by atoms with E-state index in [1.165, 1.54) is 27.1 Å². The van der Waals surface area contributed by atoms with Crippen LogP contribution in [0, 0.1) is 0 Å². The molecule has 130 heavy (non-hydrogen) atoms. The van der Waals surface area contributed by atoms with Gasteiger partial charge in [-0.15, -0.1) is 0 Å². The zero-order valence-electron chi connectivity index (χ0n) is 70.1. The van der Waals surface area contributed by atoms with E-state index in [9.17, 15) is 5.11 Å². The monoisotopic (exact) mass is 1720 g/mol. The summed E-state index contributed by atoms with van der Waals surface area (Å²) >= 11 is 2.94. The van der Waals surface area contributed by atoms with Crippen LogP contribution in [0.3, 0.4) is 0 Å². The van der Waals surface area contributed by atoms with Gasteiger partial charge in [-0.05, 0) is 228 Å². The minimum absolute atomic E-state index is 0.204. The number of furan rings is 2. The van der Waals surface area contributed by atoms with Crippen LogP contribution in [-0.2, 0) is 19.8 Å². The molecule has 0 aliphatic carbocycles. The molecule has 9 nitrogen and oxygen atoms in total. The zero-order chi connectivity index (χ0) is 86.7. The van der Waals surface area contributed by atoms with Gasteiger partial charge in [-0.2, -0.15) is 0 Å². The van der Waals surface area contributed by atoms with Crippen LogP contribution in [0.25, 0.3) is 153 Å². The van der Waals surface area contributed by atoms with E-state index < -0.39 is 0 Å². The molecule has 0 amide bonds. The fraction of sp³-hybridized carbons (Fsp3) is 0. The Balaban J connectivity index is 0.000000145. The molecule has 0 atom stereocenters. The van der Waals surface area contributed by atoms with Crippen LogP contribution >= 0.6 is 0 Å². The number of hydrogen-bond donors (Lipinski definition) is 1. The number of aromatic hydroxyl groups is 1. The molecule has 1 N–H and O–H groups in total. The van der Waals surface area contributed by atoms with Crippen molar-refractivity contribution in [2.45, 2.75) is 0 Å². The van der Waals surface area contributed by atoms with E-state index in [4.69, 9.17) is 17.4 Å². The van der Waals surface area contributed by atoms with E-state index in [-0.39, 0.29) is 5.75 Å². The third kappa shape index (κ3) is 13.5. The molecule has 0 spiro atoms. The molecule has 10 heteroatoms. The average Bonchev–Trinajstić information content (AvgIpc) is 0.955.